The third-order valence-electron chi connectivity index (χ3n) is 5.69. The number of para-hydroxylation sites is 1. The van der Waals surface area contributed by atoms with Crippen LogP contribution in [0, 0.1) is 6.92 Å². The fraction of sp³-hybridized carbons (Fsp3) is 0.259. The number of carbonyl (C=O) groups excluding carboxylic acids is 2. The molecule has 36 heavy (non-hydrogen) atoms. The summed E-state index contributed by atoms with van der Waals surface area (Å²) in [4.78, 5) is 27.8. The molecule has 1 N–H and O–H groups in total. The van der Waals surface area contributed by atoms with Gasteiger partial charge in [0.2, 0.25) is 11.8 Å². The van der Waals surface area contributed by atoms with E-state index in [9.17, 15) is 18.0 Å². The molecule has 0 heterocycles. The number of likely N-dealkylation sites (N-methyl/N-ethyl adjacent to an activating group) is 1. The predicted octanol–water partition coefficient (Wildman–Crippen LogP) is 4.40. The molecule has 3 aromatic carbocycles. The van der Waals surface area contributed by atoms with Crippen LogP contribution < -0.4 is 9.62 Å². The predicted molar refractivity (Wildman–Crippen MR) is 142 cm³/mol. The zero-order valence-corrected chi connectivity index (χ0v) is 22.1. The van der Waals surface area contributed by atoms with Crippen LogP contribution in [0.25, 0.3) is 0 Å². The maximum atomic E-state index is 13.7. The third-order valence-corrected chi connectivity index (χ3v) is 7.72. The second kappa shape index (κ2) is 12.1. The number of aryl methyl sites for hydroxylation is 1. The molecule has 1 atom stereocenters. The van der Waals surface area contributed by atoms with Crippen LogP contribution in [0.15, 0.2) is 83.8 Å². The van der Waals surface area contributed by atoms with E-state index in [2.05, 4.69) is 5.32 Å². The summed E-state index contributed by atoms with van der Waals surface area (Å²) < 4.78 is 28.4. The first kappa shape index (κ1) is 27.2. The Morgan fingerprint density at radius 2 is 1.64 bits per heavy atom. The molecule has 0 saturated carbocycles. The van der Waals surface area contributed by atoms with Crippen molar-refractivity contribution in [3.8, 4) is 0 Å². The number of amides is 2. The first-order valence-electron chi connectivity index (χ1n) is 11.6. The van der Waals surface area contributed by atoms with Gasteiger partial charge < -0.3 is 10.2 Å². The molecule has 0 aromatic heterocycles. The molecule has 190 valence electrons. The molecule has 1 unspecified atom stereocenters. The molecule has 0 aliphatic carbocycles. The van der Waals surface area contributed by atoms with Crippen LogP contribution in [0.3, 0.4) is 0 Å². The van der Waals surface area contributed by atoms with Gasteiger partial charge in [-0.2, -0.15) is 0 Å². The molecule has 3 aromatic rings. The van der Waals surface area contributed by atoms with E-state index in [1.165, 1.54) is 17.0 Å². The molecule has 0 radical (unpaired) electrons. The zero-order chi connectivity index (χ0) is 26.3. The fourth-order valence-electron chi connectivity index (χ4n) is 3.70. The topological polar surface area (TPSA) is 86.8 Å². The van der Waals surface area contributed by atoms with E-state index in [0.29, 0.717) is 17.3 Å². The highest BCUT2D eigenvalue weighted by Gasteiger charge is 2.32. The molecule has 7 nitrogen and oxygen atoms in total. The van der Waals surface area contributed by atoms with Crippen LogP contribution in [0.4, 0.5) is 5.69 Å². The van der Waals surface area contributed by atoms with Crippen molar-refractivity contribution in [2.45, 2.75) is 38.3 Å². The summed E-state index contributed by atoms with van der Waals surface area (Å²) in [5.41, 5.74) is 1.99. The van der Waals surface area contributed by atoms with E-state index in [0.717, 1.165) is 15.4 Å². The molecule has 0 aliphatic heterocycles. The molecule has 3 rings (SSSR count). The van der Waals surface area contributed by atoms with Crippen molar-refractivity contribution in [1.82, 2.24) is 10.2 Å². The van der Waals surface area contributed by atoms with Gasteiger partial charge in [0.05, 0.1) is 10.6 Å². The number of anilines is 1. The Hall–Kier alpha value is -3.36. The second-order valence-electron chi connectivity index (χ2n) is 8.38. The lowest BCUT2D eigenvalue weighted by molar-refractivity contribution is -0.139. The Labute approximate surface area is 217 Å². The van der Waals surface area contributed by atoms with Gasteiger partial charge >= 0.3 is 0 Å². The first-order valence-corrected chi connectivity index (χ1v) is 13.4. The highest BCUT2D eigenvalue weighted by molar-refractivity contribution is 7.92. The molecule has 0 saturated heterocycles. The summed E-state index contributed by atoms with van der Waals surface area (Å²) in [5.74, 6) is -0.853. The minimum absolute atomic E-state index is 0.0721. The van der Waals surface area contributed by atoms with Gasteiger partial charge in [0.25, 0.3) is 10.0 Å². The summed E-state index contributed by atoms with van der Waals surface area (Å²) >= 11 is 6.13. The number of carbonyl (C=O) groups is 2. The Bertz CT molecular complexity index is 1300. The SMILES string of the molecule is CCNC(=O)C(C)N(Cc1cccc(Cl)c1)C(=O)CN(c1ccccc1)S(=O)(=O)c1ccc(C)cc1. The highest BCUT2D eigenvalue weighted by Crippen LogP contribution is 2.25. The number of nitrogens with zero attached hydrogens (tertiary/aromatic N) is 2. The minimum Gasteiger partial charge on any atom is -0.355 e. The largest absolute Gasteiger partial charge is 0.355 e. The summed E-state index contributed by atoms with van der Waals surface area (Å²) in [7, 11) is -4.07. The number of rotatable bonds is 10. The number of sulfonamides is 1. The Morgan fingerprint density at radius 3 is 2.25 bits per heavy atom. The second-order valence-corrected chi connectivity index (χ2v) is 10.7. The normalized spacial score (nSPS) is 12.0. The van der Waals surface area contributed by atoms with E-state index in [1.807, 2.05) is 6.92 Å². The van der Waals surface area contributed by atoms with Crippen LogP contribution in [-0.4, -0.2) is 44.3 Å². The van der Waals surface area contributed by atoms with Crippen LogP contribution in [0.2, 0.25) is 5.02 Å². The molecular formula is C27H30ClN3O4S. The van der Waals surface area contributed by atoms with Gasteiger partial charge in [0.15, 0.2) is 0 Å². The number of nitrogens with one attached hydrogen (secondary N) is 1. The van der Waals surface area contributed by atoms with E-state index in [-0.39, 0.29) is 17.3 Å². The molecule has 2 amide bonds. The van der Waals surface area contributed by atoms with Crippen molar-refractivity contribution in [3.63, 3.8) is 0 Å². The standard InChI is InChI=1S/C27H30ClN3O4S/c1-4-29-27(33)21(3)30(18-22-9-8-10-23(28)17-22)26(32)19-31(24-11-6-5-7-12-24)36(34,35)25-15-13-20(2)14-16-25/h5-17,21H,4,18-19H2,1-3H3,(H,29,33). The van der Waals surface area contributed by atoms with Crippen LogP contribution in [-0.2, 0) is 26.2 Å². The Kier molecular flexibility index (Phi) is 9.12. The van der Waals surface area contributed by atoms with E-state index >= 15 is 0 Å². The molecular weight excluding hydrogens is 498 g/mol. The lowest BCUT2D eigenvalue weighted by atomic mass is 10.1. The maximum absolute atomic E-state index is 13.7. The smallest absolute Gasteiger partial charge is 0.264 e. The Balaban J connectivity index is 2.00. The van der Waals surface area contributed by atoms with E-state index in [1.54, 1.807) is 80.6 Å². The summed E-state index contributed by atoms with van der Waals surface area (Å²) in [6, 6.07) is 21.1. The molecule has 0 bridgehead atoms. The zero-order valence-electron chi connectivity index (χ0n) is 20.5. The highest BCUT2D eigenvalue weighted by atomic mass is 35.5. The van der Waals surface area contributed by atoms with Crippen molar-refractivity contribution in [1.29, 1.82) is 0 Å². The van der Waals surface area contributed by atoms with Crippen molar-refractivity contribution in [2.24, 2.45) is 0 Å². The van der Waals surface area contributed by atoms with Gasteiger partial charge in [0, 0.05) is 18.1 Å². The van der Waals surface area contributed by atoms with Gasteiger partial charge in [-0.1, -0.05) is 59.6 Å². The summed E-state index contributed by atoms with van der Waals surface area (Å²) in [5, 5.41) is 3.23. The van der Waals surface area contributed by atoms with E-state index < -0.39 is 28.5 Å². The molecule has 0 fully saturated rings. The van der Waals surface area contributed by atoms with Crippen LogP contribution in [0.1, 0.15) is 25.0 Å². The lowest BCUT2D eigenvalue weighted by Gasteiger charge is -2.32. The van der Waals surface area contributed by atoms with Crippen LogP contribution in [0.5, 0.6) is 0 Å². The number of halogens is 1. The van der Waals surface area contributed by atoms with E-state index in [4.69, 9.17) is 11.6 Å². The summed E-state index contributed by atoms with van der Waals surface area (Å²) in [6.45, 7) is 5.29. The third kappa shape index (κ3) is 6.65. The van der Waals surface area contributed by atoms with Crippen molar-refractivity contribution in [2.75, 3.05) is 17.4 Å². The maximum Gasteiger partial charge on any atom is 0.264 e. The summed E-state index contributed by atoms with van der Waals surface area (Å²) in [6.07, 6.45) is 0. The van der Waals surface area contributed by atoms with Gasteiger partial charge in [-0.25, -0.2) is 8.42 Å². The van der Waals surface area contributed by atoms with Gasteiger partial charge in [0.1, 0.15) is 12.6 Å². The number of hydrogen-bond donors (Lipinski definition) is 1. The monoisotopic (exact) mass is 527 g/mol. The van der Waals surface area contributed by atoms with Gasteiger partial charge in [-0.3, -0.25) is 13.9 Å². The quantitative estimate of drug-likeness (QED) is 0.423. The van der Waals surface area contributed by atoms with Crippen molar-refractivity contribution < 1.29 is 18.0 Å². The molecule has 9 heteroatoms. The van der Waals surface area contributed by atoms with Crippen LogP contribution >= 0.6 is 11.6 Å². The first-order chi connectivity index (χ1) is 17.1. The number of benzene rings is 3. The molecule has 0 aliphatic rings. The number of hydrogen-bond acceptors (Lipinski definition) is 4. The average Bonchev–Trinajstić information content (AvgIpc) is 2.86. The fourth-order valence-corrected chi connectivity index (χ4v) is 5.32. The van der Waals surface area contributed by atoms with Gasteiger partial charge in [-0.05, 0) is 62.7 Å². The van der Waals surface area contributed by atoms with Crippen molar-refractivity contribution >= 4 is 39.1 Å². The van der Waals surface area contributed by atoms with Crippen molar-refractivity contribution in [3.05, 3.63) is 95.0 Å². The lowest BCUT2D eigenvalue weighted by Crippen LogP contribution is -2.51. The Morgan fingerprint density at radius 1 is 0.972 bits per heavy atom. The molecule has 0 spiro atoms. The minimum atomic E-state index is -4.07. The van der Waals surface area contributed by atoms with Gasteiger partial charge in [-0.15, -0.1) is 0 Å². The average molecular weight is 528 g/mol.